The summed E-state index contributed by atoms with van der Waals surface area (Å²) in [5.41, 5.74) is -0.0231. The van der Waals surface area contributed by atoms with Crippen LogP contribution in [0.15, 0.2) is 0 Å². The van der Waals surface area contributed by atoms with Gasteiger partial charge in [-0.3, -0.25) is 0 Å². The van der Waals surface area contributed by atoms with E-state index in [0.717, 1.165) is 6.21 Å². The third-order valence-corrected chi connectivity index (χ3v) is 1.17. The van der Waals surface area contributed by atoms with Crippen LogP contribution in [0, 0.1) is 16.7 Å². The molecule has 0 saturated carbocycles. The maximum Gasteiger partial charge on any atom is 0.135 e. The average Bonchev–Trinajstić information content (AvgIpc) is 1.84. The second kappa shape index (κ2) is 3.33. The van der Waals surface area contributed by atoms with Gasteiger partial charge in [0, 0.05) is 12.1 Å². The van der Waals surface area contributed by atoms with Crippen molar-refractivity contribution in [3.05, 3.63) is 0 Å². The van der Waals surface area contributed by atoms with Gasteiger partial charge in [-0.15, -0.1) is 0 Å². The van der Waals surface area contributed by atoms with E-state index in [9.17, 15) is 4.39 Å². The van der Waals surface area contributed by atoms with Crippen LogP contribution >= 0.6 is 0 Å². The van der Waals surface area contributed by atoms with E-state index in [0.29, 0.717) is 0 Å². The molecule has 2 N–H and O–H groups in total. The monoisotopic (exact) mass is 130 g/mol. The number of rotatable bonds is 3. The molecular formula is C6H11FN2. The number of alkyl halides is 1. The zero-order valence-electron chi connectivity index (χ0n) is 5.61. The molecule has 52 valence electrons. The Morgan fingerprint density at radius 1 is 1.56 bits per heavy atom. The number of hydrogen-bond donors (Lipinski definition) is 2. The Morgan fingerprint density at radius 3 is 2.11 bits per heavy atom. The minimum Gasteiger partial charge on any atom is -0.312 e. The second-order valence-corrected chi connectivity index (χ2v) is 2.03. The molecule has 2 nitrogen and oxygen atoms in total. The molecule has 3 heteroatoms. The highest BCUT2D eigenvalue weighted by Crippen LogP contribution is 2.00. The van der Waals surface area contributed by atoms with E-state index in [2.05, 4.69) is 0 Å². The molecule has 2 atom stereocenters. The van der Waals surface area contributed by atoms with Gasteiger partial charge < -0.3 is 10.8 Å². The van der Waals surface area contributed by atoms with E-state index in [1.165, 1.54) is 6.92 Å². The second-order valence-electron chi connectivity index (χ2n) is 2.03. The Balaban J connectivity index is 3.87. The minimum atomic E-state index is -1.22. The maximum atomic E-state index is 12.2. The van der Waals surface area contributed by atoms with Crippen molar-refractivity contribution in [1.82, 2.24) is 0 Å². The largest absolute Gasteiger partial charge is 0.312 e. The predicted molar refractivity (Wildman–Crippen MR) is 36.2 cm³/mol. The zero-order chi connectivity index (χ0) is 7.44. The highest BCUT2D eigenvalue weighted by molar-refractivity contribution is 5.97. The molecule has 0 aromatic carbocycles. The van der Waals surface area contributed by atoms with Crippen LogP contribution in [0.3, 0.4) is 0 Å². The van der Waals surface area contributed by atoms with Gasteiger partial charge >= 0.3 is 0 Å². The molecule has 0 aliphatic heterocycles. The van der Waals surface area contributed by atoms with E-state index in [1.54, 1.807) is 6.92 Å². The Kier molecular flexibility index (Phi) is 3.06. The molecule has 0 rings (SSSR count). The summed E-state index contributed by atoms with van der Waals surface area (Å²) in [7, 11) is 0. The lowest BCUT2D eigenvalue weighted by atomic mass is 10.0. The first kappa shape index (κ1) is 8.27. The van der Waals surface area contributed by atoms with Crippen molar-refractivity contribution in [2.75, 3.05) is 0 Å². The normalized spacial score (nSPS) is 16.3. The van der Waals surface area contributed by atoms with Gasteiger partial charge in [0.15, 0.2) is 0 Å². The molecule has 0 amide bonds. The average molecular weight is 130 g/mol. The molecule has 0 aromatic heterocycles. The summed E-state index contributed by atoms with van der Waals surface area (Å²) in [4.78, 5) is 0. The molecule has 0 bridgehead atoms. The highest BCUT2D eigenvalue weighted by atomic mass is 19.1. The lowest BCUT2D eigenvalue weighted by Crippen LogP contribution is -2.19. The van der Waals surface area contributed by atoms with Crippen LogP contribution in [0.2, 0.25) is 0 Å². The minimum absolute atomic E-state index is 0.0231. The Hall–Kier alpha value is -0.730. The Labute approximate surface area is 54.1 Å². The summed E-state index contributed by atoms with van der Waals surface area (Å²) >= 11 is 0. The van der Waals surface area contributed by atoms with Crippen molar-refractivity contribution in [3.8, 4) is 0 Å². The van der Waals surface area contributed by atoms with Crippen molar-refractivity contribution in [2.45, 2.75) is 20.0 Å². The zero-order valence-corrected chi connectivity index (χ0v) is 5.61. The highest BCUT2D eigenvalue weighted by Gasteiger charge is 2.11. The molecule has 2 unspecified atom stereocenters. The quantitative estimate of drug-likeness (QED) is 0.546. The summed E-state index contributed by atoms with van der Waals surface area (Å²) in [5, 5.41) is 13.7. The third-order valence-electron chi connectivity index (χ3n) is 1.17. The third kappa shape index (κ3) is 2.35. The lowest BCUT2D eigenvalue weighted by molar-refractivity contribution is 0.445. The van der Waals surface area contributed by atoms with Crippen molar-refractivity contribution < 1.29 is 4.39 Å². The molecule has 0 fully saturated rings. The van der Waals surface area contributed by atoms with Gasteiger partial charge in [-0.2, -0.15) is 0 Å². The van der Waals surface area contributed by atoms with Crippen molar-refractivity contribution in [3.63, 3.8) is 0 Å². The van der Waals surface area contributed by atoms with E-state index in [4.69, 9.17) is 10.8 Å². The van der Waals surface area contributed by atoms with Crippen LogP contribution in [0.5, 0.6) is 0 Å². The van der Waals surface area contributed by atoms with E-state index in [-0.39, 0.29) is 11.6 Å². The Morgan fingerprint density at radius 2 is 2.00 bits per heavy atom. The maximum absolute atomic E-state index is 12.2. The fourth-order valence-corrected chi connectivity index (χ4v) is 0.452. The van der Waals surface area contributed by atoms with Gasteiger partial charge in [-0.25, -0.2) is 4.39 Å². The van der Waals surface area contributed by atoms with E-state index < -0.39 is 6.17 Å². The van der Waals surface area contributed by atoms with Gasteiger partial charge in [-0.1, -0.05) is 6.92 Å². The summed E-state index contributed by atoms with van der Waals surface area (Å²) in [6, 6.07) is 0. The standard InChI is InChI=1S/C6H11FN2/c1-4(3-8)6(9)5(2)7/h3-5,8-9H,1-2H3. The fourth-order valence-electron chi connectivity index (χ4n) is 0.452. The summed E-state index contributed by atoms with van der Waals surface area (Å²) in [5.74, 6) is -0.356. The number of halogens is 1. The van der Waals surface area contributed by atoms with Gasteiger partial charge in [-0.05, 0) is 6.92 Å². The van der Waals surface area contributed by atoms with Crippen LogP contribution in [-0.2, 0) is 0 Å². The van der Waals surface area contributed by atoms with Gasteiger partial charge in [0.05, 0.1) is 5.71 Å². The molecule has 0 heterocycles. The van der Waals surface area contributed by atoms with Crippen molar-refractivity contribution in [1.29, 1.82) is 10.8 Å². The van der Waals surface area contributed by atoms with Crippen LogP contribution in [0.1, 0.15) is 13.8 Å². The number of nitrogens with one attached hydrogen (secondary N) is 2. The van der Waals surface area contributed by atoms with E-state index >= 15 is 0 Å². The molecule has 0 saturated heterocycles. The summed E-state index contributed by atoms with van der Waals surface area (Å²) < 4.78 is 12.2. The van der Waals surface area contributed by atoms with Gasteiger partial charge in [0.2, 0.25) is 0 Å². The fraction of sp³-hybridized carbons (Fsp3) is 0.667. The predicted octanol–water partition coefficient (Wildman–Crippen LogP) is 1.65. The number of hydrogen-bond acceptors (Lipinski definition) is 2. The van der Waals surface area contributed by atoms with Crippen LogP contribution in [-0.4, -0.2) is 18.1 Å². The molecule has 9 heavy (non-hydrogen) atoms. The SMILES string of the molecule is CC(F)C(=N)C(C)C=N. The molecular weight excluding hydrogens is 119 g/mol. The van der Waals surface area contributed by atoms with Crippen LogP contribution < -0.4 is 0 Å². The molecule has 0 aliphatic carbocycles. The summed E-state index contributed by atoms with van der Waals surface area (Å²) in [6.45, 7) is 2.94. The first-order chi connectivity index (χ1) is 4.09. The van der Waals surface area contributed by atoms with Crippen LogP contribution in [0.25, 0.3) is 0 Å². The Bertz CT molecular complexity index is 120. The lowest BCUT2D eigenvalue weighted by Gasteiger charge is -2.06. The first-order valence-corrected chi connectivity index (χ1v) is 2.82. The summed E-state index contributed by atoms with van der Waals surface area (Å²) in [6.07, 6.45) is -0.153. The van der Waals surface area contributed by atoms with Gasteiger partial charge in [0.1, 0.15) is 6.17 Å². The smallest absolute Gasteiger partial charge is 0.135 e. The van der Waals surface area contributed by atoms with Crippen LogP contribution in [0.4, 0.5) is 4.39 Å². The molecule has 0 spiro atoms. The topological polar surface area (TPSA) is 47.7 Å². The van der Waals surface area contributed by atoms with Crippen molar-refractivity contribution in [2.24, 2.45) is 5.92 Å². The van der Waals surface area contributed by atoms with Gasteiger partial charge in [0.25, 0.3) is 0 Å². The molecule has 0 aliphatic rings. The first-order valence-electron chi connectivity index (χ1n) is 2.82. The molecule has 0 aromatic rings. The van der Waals surface area contributed by atoms with Crippen molar-refractivity contribution >= 4 is 11.9 Å². The molecule has 0 radical (unpaired) electrons. The van der Waals surface area contributed by atoms with E-state index in [1.807, 2.05) is 0 Å².